The minimum Gasteiger partial charge on any atom is -0.444 e. The first-order valence-corrected chi connectivity index (χ1v) is 11.6. The Bertz CT molecular complexity index is 1300. The highest BCUT2D eigenvalue weighted by Crippen LogP contribution is 2.31. The summed E-state index contributed by atoms with van der Waals surface area (Å²) in [5.41, 5.74) is 3.68. The molecule has 0 aliphatic carbocycles. The number of thiazole rings is 1. The number of fused-ring (bicyclic) bond motifs is 1. The van der Waals surface area contributed by atoms with Gasteiger partial charge in [0.15, 0.2) is 0 Å². The molecule has 0 unspecified atom stereocenters. The highest BCUT2D eigenvalue weighted by molar-refractivity contribution is 7.92. The third-order valence-corrected chi connectivity index (χ3v) is 6.35. The first-order valence-electron chi connectivity index (χ1n) is 9.10. The summed E-state index contributed by atoms with van der Waals surface area (Å²) in [7, 11) is -3.85. The normalized spacial score (nSPS) is 11.4. The van der Waals surface area contributed by atoms with E-state index in [0.29, 0.717) is 11.3 Å². The Kier molecular flexibility index (Phi) is 5.52. The number of aromatic nitrogens is 1. The molecule has 1 N–H and O–H groups in total. The van der Waals surface area contributed by atoms with Gasteiger partial charge in [0.1, 0.15) is 5.01 Å². The summed E-state index contributed by atoms with van der Waals surface area (Å²) in [5.74, 6) is -1.46. The maximum Gasteiger partial charge on any atom is 0.339 e. The Morgan fingerprint density at radius 2 is 1.77 bits per heavy atom. The molecule has 4 aromatic rings. The number of hydrogen-bond donors (Lipinski definition) is 1. The van der Waals surface area contributed by atoms with E-state index in [0.717, 1.165) is 20.8 Å². The number of rotatable bonds is 6. The first-order chi connectivity index (χ1) is 14.4. The van der Waals surface area contributed by atoms with Gasteiger partial charge in [0.2, 0.25) is 5.94 Å². The van der Waals surface area contributed by atoms with Crippen LogP contribution in [0.5, 0.6) is 0 Å². The topological polar surface area (TPSA) is 85.4 Å². The van der Waals surface area contributed by atoms with Crippen molar-refractivity contribution in [1.29, 1.82) is 0 Å². The molecular formula is C22H18N2O4S2. The van der Waals surface area contributed by atoms with Gasteiger partial charge >= 0.3 is 5.97 Å². The molecule has 0 aliphatic heterocycles. The van der Waals surface area contributed by atoms with Crippen molar-refractivity contribution < 1.29 is 17.9 Å². The molecule has 0 spiro atoms. The number of carbonyl (C=O) groups is 1. The van der Waals surface area contributed by atoms with Gasteiger partial charge in [0.05, 0.1) is 15.8 Å². The number of esters is 1. The van der Waals surface area contributed by atoms with Crippen LogP contribution in [0.25, 0.3) is 20.8 Å². The maximum atomic E-state index is 12.2. The molecule has 0 aliphatic rings. The van der Waals surface area contributed by atoms with E-state index in [4.69, 9.17) is 4.74 Å². The fourth-order valence-electron chi connectivity index (χ4n) is 2.83. The number of ether oxygens (including phenoxy) is 1. The van der Waals surface area contributed by atoms with Crippen molar-refractivity contribution in [2.45, 2.75) is 6.92 Å². The van der Waals surface area contributed by atoms with Crippen LogP contribution >= 0.6 is 11.3 Å². The van der Waals surface area contributed by atoms with Crippen molar-refractivity contribution in [2.24, 2.45) is 0 Å². The van der Waals surface area contributed by atoms with Gasteiger partial charge < -0.3 is 4.74 Å². The Morgan fingerprint density at radius 1 is 1.03 bits per heavy atom. The fraction of sp³-hybridized carbons (Fsp3) is 0.0909. The standard InChI is InChI=1S/C22H18N2O4S2/c1-15-7-12-19-20(13-15)29-21(23-19)16-8-10-18(11-9-16)24-30(26,27)14-28-22(25)17-5-3-2-4-6-17/h2-13,24H,14H2,1H3. The second-order valence-corrected chi connectivity index (χ2v) is 9.40. The lowest BCUT2D eigenvalue weighted by molar-refractivity contribution is 0.0572. The third kappa shape index (κ3) is 4.67. The highest BCUT2D eigenvalue weighted by atomic mass is 32.2. The predicted molar refractivity (Wildman–Crippen MR) is 119 cm³/mol. The van der Waals surface area contributed by atoms with Gasteiger partial charge in [0, 0.05) is 11.3 Å². The summed E-state index contributed by atoms with van der Waals surface area (Å²) >= 11 is 1.59. The number of anilines is 1. The zero-order chi connectivity index (χ0) is 21.1. The van der Waals surface area contributed by atoms with Crippen molar-refractivity contribution in [2.75, 3.05) is 10.7 Å². The van der Waals surface area contributed by atoms with E-state index in [-0.39, 0.29) is 0 Å². The molecule has 30 heavy (non-hydrogen) atoms. The van der Waals surface area contributed by atoms with Crippen LogP contribution in [-0.4, -0.2) is 25.3 Å². The summed E-state index contributed by atoms with van der Waals surface area (Å²) in [5, 5.41) is 0.863. The molecule has 1 heterocycles. The molecule has 3 aromatic carbocycles. The monoisotopic (exact) mass is 438 g/mol. The molecule has 0 atom stereocenters. The van der Waals surface area contributed by atoms with Crippen molar-refractivity contribution in [3.63, 3.8) is 0 Å². The van der Waals surface area contributed by atoms with Crippen LogP contribution in [0.1, 0.15) is 15.9 Å². The average Bonchev–Trinajstić information content (AvgIpc) is 3.16. The maximum absolute atomic E-state index is 12.2. The number of carbonyl (C=O) groups excluding carboxylic acids is 1. The Hall–Kier alpha value is -3.23. The highest BCUT2D eigenvalue weighted by Gasteiger charge is 2.15. The molecule has 6 nitrogen and oxygen atoms in total. The zero-order valence-electron chi connectivity index (χ0n) is 16.0. The van der Waals surface area contributed by atoms with Crippen molar-refractivity contribution in [1.82, 2.24) is 4.98 Å². The van der Waals surface area contributed by atoms with Crippen LogP contribution in [0.4, 0.5) is 5.69 Å². The van der Waals surface area contributed by atoms with Gasteiger partial charge in [-0.05, 0) is 61.0 Å². The fourth-order valence-corrected chi connectivity index (χ4v) is 4.72. The van der Waals surface area contributed by atoms with Crippen LogP contribution < -0.4 is 4.72 Å². The second-order valence-electron chi connectivity index (χ2n) is 6.70. The Balaban J connectivity index is 1.42. The molecule has 0 saturated heterocycles. The van der Waals surface area contributed by atoms with Crippen molar-refractivity contribution >= 4 is 43.2 Å². The largest absolute Gasteiger partial charge is 0.444 e. The molecule has 0 fully saturated rings. The van der Waals surface area contributed by atoms with Crippen LogP contribution in [0.15, 0.2) is 72.8 Å². The van der Waals surface area contributed by atoms with E-state index in [9.17, 15) is 13.2 Å². The third-order valence-electron chi connectivity index (χ3n) is 4.30. The van der Waals surface area contributed by atoms with Gasteiger partial charge in [-0.3, -0.25) is 4.72 Å². The number of nitrogens with one attached hydrogen (secondary N) is 1. The Morgan fingerprint density at radius 3 is 2.50 bits per heavy atom. The SMILES string of the molecule is Cc1ccc2nc(-c3ccc(NS(=O)(=O)COC(=O)c4ccccc4)cc3)sc2c1. The first kappa shape index (κ1) is 20.1. The summed E-state index contributed by atoms with van der Waals surface area (Å²) in [6, 6.07) is 21.3. The van der Waals surface area contributed by atoms with Crippen LogP contribution in [0.3, 0.4) is 0 Å². The summed E-state index contributed by atoms with van der Waals surface area (Å²) in [6.07, 6.45) is 0. The Labute approximate surface area is 178 Å². The molecule has 1 aromatic heterocycles. The molecule has 8 heteroatoms. The van der Waals surface area contributed by atoms with E-state index in [1.165, 1.54) is 5.56 Å². The zero-order valence-corrected chi connectivity index (χ0v) is 17.7. The van der Waals surface area contributed by atoms with Crippen molar-refractivity contribution in [3.05, 3.63) is 83.9 Å². The molecule has 0 bridgehead atoms. The smallest absolute Gasteiger partial charge is 0.339 e. The van der Waals surface area contributed by atoms with Gasteiger partial charge in [-0.1, -0.05) is 24.3 Å². The number of aryl methyl sites for hydroxylation is 1. The lowest BCUT2D eigenvalue weighted by Crippen LogP contribution is -2.21. The lowest BCUT2D eigenvalue weighted by atomic mass is 10.2. The second kappa shape index (κ2) is 8.25. The van der Waals surface area contributed by atoms with Crippen LogP contribution in [0, 0.1) is 6.92 Å². The number of sulfonamides is 1. The lowest BCUT2D eigenvalue weighted by Gasteiger charge is -2.09. The van der Waals surface area contributed by atoms with Gasteiger partial charge in [-0.15, -0.1) is 11.3 Å². The minimum absolute atomic E-state index is 0.295. The van der Waals surface area contributed by atoms with Crippen LogP contribution in [-0.2, 0) is 14.8 Å². The molecule has 0 amide bonds. The van der Waals surface area contributed by atoms with E-state index in [1.807, 2.05) is 19.1 Å². The molecule has 0 saturated carbocycles. The molecule has 4 rings (SSSR count). The van der Waals surface area contributed by atoms with E-state index < -0.39 is 21.9 Å². The van der Waals surface area contributed by atoms with E-state index in [2.05, 4.69) is 15.8 Å². The summed E-state index contributed by atoms with van der Waals surface area (Å²) in [6.45, 7) is 2.04. The number of nitrogens with zero attached hydrogens (tertiary/aromatic N) is 1. The van der Waals surface area contributed by atoms with E-state index >= 15 is 0 Å². The number of hydrogen-bond acceptors (Lipinski definition) is 6. The predicted octanol–water partition coefficient (Wildman–Crippen LogP) is 4.83. The summed E-state index contributed by atoms with van der Waals surface area (Å²) < 4.78 is 32.9. The molecule has 152 valence electrons. The quantitative estimate of drug-likeness (QED) is 0.436. The van der Waals surface area contributed by atoms with E-state index in [1.54, 1.807) is 65.9 Å². The minimum atomic E-state index is -3.85. The van der Waals surface area contributed by atoms with Gasteiger partial charge in [-0.25, -0.2) is 18.2 Å². The summed E-state index contributed by atoms with van der Waals surface area (Å²) in [4.78, 5) is 16.5. The molecule has 0 radical (unpaired) electrons. The average molecular weight is 439 g/mol. The van der Waals surface area contributed by atoms with Gasteiger partial charge in [0.25, 0.3) is 10.0 Å². The molecular weight excluding hydrogens is 420 g/mol. The van der Waals surface area contributed by atoms with Gasteiger partial charge in [-0.2, -0.15) is 0 Å². The van der Waals surface area contributed by atoms with Crippen molar-refractivity contribution in [3.8, 4) is 10.6 Å². The number of benzene rings is 3. The van der Waals surface area contributed by atoms with Crippen LogP contribution in [0.2, 0.25) is 0 Å².